The summed E-state index contributed by atoms with van der Waals surface area (Å²) in [5.41, 5.74) is 1.17. The van der Waals surface area contributed by atoms with Crippen molar-refractivity contribution in [2.24, 2.45) is 0 Å². The van der Waals surface area contributed by atoms with Gasteiger partial charge in [-0.2, -0.15) is 0 Å². The first-order valence-electron chi connectivity index (χ1n) is 1.35. The van der Waals surface area contributed by atoms with Crippen LogP contribution >= 0.6 is 0 Å². The first-order valence-corrected chi connectivity index (χ1v) is 1.35. The normalized spacial score (nSPS) is 5.20. The van der Waals surface area contributed by atoms with E-state index in [9.17, 15) is 0 Å². The maximum absolute atomic E-state index is 3.56. The number of allylic oxidation sites excluding steroid dienone is 1. The molecule has 0 rings (SSSR count). The van der Waals surface area contributed by atoms with E-state index in [0.29, 0.717) is 0 Å². The molecule has 0 aliphatic carbocycles. The first-order chi connectivity index (χ1) is 1.73. The molecule has 0 aliphatic rings. The van der Waals surface area contributed by atoms with E-state index in [2.05, 4.69) is 6.58 Å². The Morgan fingerprint density at radius 1 is 1.40 bits per heavy atom. The average Bonchev–Trinajstić information content (AvgIpc) is 0.811. The smallest absolute Gasteiger partial charge is 0 e. The molecule has 1 heteroatoms. The zero-order valence-corrected chi connectivity index (χ0v) is 5.27. The fourth-order valence-corrected chi connectivity index (χ4v) is 0. The molecule has 0 heterocycles. The van der Waals surface area contributed by atoms with Crippen molar-refractivity contribution in [3.63, 3.8) is 0 Å². The molecule has 0 fully saturated rings. The molecule has 0 atom stereocenters. The maximum Gasteiger partial charge on any atom is 0 e. The number of rotatable bonds is 0. The van der Waals surface area contributed by atoms with E-state index in [1.807, 2.05) is 13.8 Å². The van der Waals surface area contributed by atoms with Gasteiger partial charge in [0, 0.05) is 21.7 Å². The molecule has 0 aromatic heterocycles. The molecule has 0 nitrogen and oxygen atoms in total. The van der Waals surface area contributed by atoms with Crippen LogP contribution in [0.3, 0.4) is 0 Å². The zero-order chi connectivity index (χ0) is 3.58. The Hall–Kier alpha value is 0.454. The van der Waals surface area contributed by atoms with E-state index < -0.39 is 0 Å². The minimum absolute atomic E-state index is 0. The van der Waals surface area contributed by atoms with Gasteiger partial charge in [-0.25, -0.2) is 0 Å². The van der Waals surface area contributed by atoms with Gasteiger partial charge in [0.2, 0.25) is 0 Å². The molecule has 28 valence electrons. The van der Waals surface area contributed by atoms with E-state index in [4.69, 9.17) is 0 Å². The van der Waals surface area contributed by atoms with Gasteiger partial charge >= 0.3 is 0 Å². The van der Waals surface area contributed by atoms with E-state index >= 15 is 0 Å². The van der Waals surface area contributed by atoms with Crippen molar-refractivity contribution in [2.75, 3.05) is 0 Å². The Kier molecular flexibility index (Phi) is 8.08. The van der Waals surface area contributed by atoms with E-state index in [1.54, 1.807) is 0 Å². The van der Waals surface area contributed by atoms with Gasteiger partial charge in [0.1, 0.15) is 0 Å². The van der Waals surface area contributed by atoms with Gasteiger partial charge < -0.3 is 0 Å². The summed E-state index contributed by atoms with van der Waals surface area (Å²) in [6.07, 6.45) is 0. The minimum Gasteiger partial charge on any atom is -0.100 e. The molecule has 0 saturated carbocycles. The zero-order valence-electron chi connectivity index (χ0n) is 3.71. The Morgan fingerprint density at radius 3 is 1.40 bits per heavy atom. The summed E-state index contributed by atoms with van der Waals surface area (Å²) < 4.78 is 0. The fraction of sp³-hybridized carbons (Fsp3) is 0.500. The predicted molar refractivity (Wildman–Crippen MR) is 20.5 cm³/mol. The summed E-state index contributed by atoms with van der Waals surface area (Å²) in [7, 11) is 0. The Morgan fingerprint density at radius 2 is 1.40 bits per heavy atom. The fourth-order valence-electron chi connectivity index (χ4n) is 0. The van der Waals surface area contributed by atoms with E-state index in [-0.39, 0.29) is 21.7 Å². The molecular formula is C4H8Ti. The summed E-state index contributed by atoms with van der Waals surface area (Å²) in [5.74, 6) is 0. The molecule has 0 bridgehead atoms. The third-order valence-electron chi connectivity index (χ3n) is 0. The number of hydrogen-bond donors (Lipinski definition) is 0. The topological polar surface area (TPSA) is 0 Å². The third-order valence-corrected chi connectivity index (χ3v) is 0. The summed E-state index contributed by atoms with van der Waals surface area (Å²) in [6.45, 7) is 7.50. The monoisotopic (exact) mass is 104 g/mol. The molecule has 0 N–H and O–H groups in total. The molecule has 5 heavy (non-hydrogen) atoms. The van der Waals surface area contributed by atoms with Crippen molar-refractivity contribution in [1.82, 2.24) is 0 Å². The van der Waals surface area contributed by atoms with Gasteiger partial charge in [-0.1, -0.05) is 5.57 Å². The van der Waals surface area contributed by atoms with Gasteiger partial charge in [-0.05, 0) is 13.8 Å². The van der Waals surface area contributed by atoms with Crippen LogP contribution in [0.1, 0.15) is 13.8 Å². The summed E-state index contributed by atoms with van der Waals surface area (Å²) in [6, 6.07) is 0. The summed E-state index contributed by atoms with van der Waals surface area (Å²) in [5, 5.41) is 0. The van der Waals surface area contributed by atoms with Crippen molar-refractivity contribution >= 4 is 0 Å². The van der Waals surface area contributed by atoms with Crippen LogP contribution in [-0.4, -0.2) is 0 Å². The van der Waals surface area contributed by atoms with Gasteiger partial charge in [-0.15, -0.1) is 6.58 Å². The van der Waals surface area contributed by atoms with Crippen molar-refractivity contribution in [2.45, 2.75) is 13.8 Å². The second-order valence-corrected chi connectivity index (χ2v) is 1.21. The van der Waals surface area contributed by atoms with Gasteiger partial charge in [-0.3, -0.25) is 0 Å². The van der Waals surface area contributed by atoms with Gasteiger partial charge in [0.05, 0.1) is 0 Å². The van der Waals surface area contributed by atoms with Crippen LogP contribution in [0.25, 0.3) is 0 Å². The molecular weight excluding hydrogens is 95.9 g/mol. The van der Waals surface area contributed by atoms with Crippen LogP contribution in [0.15, 0.2) is 12.2 Å². The largest absolute Gasteiger partial charge is 0.100 e. The quantitative estimate of drug-likeness (QED) is 0.323. The molecule has 0 aliphatic heterocycles. The van der Waals surface area contributed by atoms with Crippen LogP contribution in [0.2, 0.25) is 0 Å². The van der Waals surface area contributed by atoms with Crippen molar-refractivity contribution < 1.29 is 21.7 Å². The molecule has 0 spiro atoms. The Bertz CT molecular complexity index is 26.6. The van der Waals surface area contributed by atoms with Crippen molar-refractivity contribution in [1.29, 1.82) is 0 Å². The average molecular weight is 104 g/mol. The molecule has 0 unspecified atom stereocenters. The standard InChI is InChI=1S/C4H8.Ti/c1-4(2)3;/h1H2,2-3H3;. The summed E-state index contributed by atoms with van der Waals surface area (Å²) >= 11 is 0. The van der Waals surface area contributed by atoms with Crippen LogP contribution in [-0.2, 0) is 21.7 Å². The Labute approximate surface area is 48.2 Å². The van der Waals surface area contributed by atoms with Gasteiger partial charge in [0.15, 0.2) is 0 Å². The Balaban J connectivity index is 0. The van der Waals surface area contributed by atoms with E-state index in [1.165, 1.54) is 5.57 Å². The predicted octanol–water partition coefficient (Wildman–Crippen LogP) is 1.58. The summed E-state index contributed by atoms with van der Waals surface area (Å²) in [4.78, 5) is 0. The molecule has 0 amide bonds. The van der Waals surface area contributed by atoms with Crippen molar-refractivity contribution in [3.8, 4) is 0 Å². The molecule has 0 radical (unpaired) electrons. The maximum atomic E-state index is 3.56. The van der Waals surface area contributed by atoms with Crippen LogP contribution in [0.4, 0.5) is 0 Å². The molecule has 0 aromatic carbocycles. The van der Waals surface area contributed by atoms with Crippen molar-refractivity contribution in [3.05, 3.63) is 12.2 Å². The van der Waals surface area contributed by atoms with Crippen LogP contribution in [0.5, 0.6) is 0 Å². The second-order valence-electron chi connectivity index (χ2n) is 1.21. The second kappa shape index (κ2) is 4.45. The first kappa shape index (κ1) is 9.07. The van der Waals surface area contributed by atoms with Crippen LogP contribution in [0, 0.1) is 0 Å². The third kappa shape index (κ3) is 130. The van der Waals surface area contributed by atoms with Crippen LogP contribution < -0.4 is 0 Å². The number of hydrogen-bond acceptors (Lipinski definition) is 0. The SMILES string of the molecule is C=C(C)C.[Ti]. The van der Waals surface area contributed by atoms with Gasteiger partial charge in [0.25, 0.3) is 0 Å². The molecule has 0 saturated heterocycles. The van der Waals surface area contributed by atoms with E-state index in [0.717, 1.165) is 0 Å². The minimum atomic E-state index is 0. The molecule has 0 aromatic rings.